The maximum absolute atomic E-state index is 2.54. The van der Waals surface area contributed by atoms with Crippen LogP contribution in [-0.2, 0) is 16.2 Å². The van der Waals surface area contributed by atoms with Crippen LogP contribution in [0.4, 0.5) is 17.1 Å². The molecule has 0 radical (unpaired) electrons. The molecule has 0 saturated heterocycles. The zero-order valence-electron chi connectivity index (χ0n) is 47.6. The van der Waals surface area contributed by atoms with Gasteiger partial charge in [0.05, 0.1) is 11.1 Å². The summed E-state index contributed by atoms with van der Waals surface area (Å²) in [5.74, 6) is 0. The van der Waals surface area contributed by atoms with Crippen LogP contribution in [-0.4, -0.2) is 0 Å². The van der Waals surface area contributed by atoms with E-state index in [0.717, 1.165) is 17.1 Å². The highest BCUT2D eigenvalue weighted by atomic mass is 15.1. The molecule has 14 aromatic rings. The highest BCUT2D eigenvalue weighted by Gasteiger charge is 2.46. The highest BCUT2D eigenvalue weighted by molar-refractivity contribution is 6.25. The van der Waals surface area contributed by atoms with Crippen LogP contribution in [0.25, 0.3) is 98.7 Å². The van der Waals surface area contributed by atoms with Crippen molar-refractivity contribution in [2.24, 2.45) is 0 Å². The lowest BCUT2D eigenvalue weighted by Gasteiger charge is -2.33. The van der Waals surface area contributed by atoms with E-state index in [1.54, 1.807) is 0 Å². The Bertz CT molecular complexity index is 4930. The molecule has 84 heavy (non-hydrogen) atoms. The molecule has 0 N–H and O–H groups in total. The number of rotatable bonds is 7. The number of anilines is 3. The van der Waals surface area contributed by atoms with Gasteiger partial charge < -0.3 is 4.90 Å². The Hall–Kier alpha value is -10.1. The lowest BCUT2D eigenvalue weighted by Crippen LogP contribution is -2.28. The van der Waals surface area contributed by atoms with E-state index in [1.807, 2.05) is 0 Å². The molecule has 0 spiro atoms. The van der Waals surface area contributed by atoms with Gasteiger partial charge in [0.25, 0.3) is 0 Å². The summed E-state index contributed by atoms with van der Waals surface area (Å²) in [7, 11) is 0. The molecular weight excluding hydrogens is 1010 g/mol. The standard InChI is InChI=1S/C83H59N/c1-81(2)74-36-20-17-32-63(74)66-42-40-55(48-78(66)81)84(56-41-43-67-64-33-18-21-37-75(64)82(3,4)79(67)49-56)80-46-44-62(57-27-15-16-35-68(57)80)70-51-72-59-29-12-11-28-58(59)69(50-71(72)61-31-14-13-30-60(61)70)52-39-45-77-73(47-52)65-34-19-22-38-76(65)83(77,53-23-7-5-8-24-53)54-25-9-6-10-26-54/h5-51H,1-4H3. The van der Waals surface area contributed by atoms with Crippen molar-refractivity contribution in [3.05, 3.63) is 330 Å². The van der Waals surface area contributed by atoms with Crippen LogP contribution in [0.1, 0.15) is 72.2 Å². The third-order valence-electron chi connectivity index (χ3n) is 19.7. The predicted octanol–water partition coefficient (Wildman–Crippen LogP) is 22.1. The minimum absolute atomic E-state index is 0.158. The second-order valence-electron chi connectivity index (χ2n) is 24.6. The summed E-state index contributed by atoms with van der Waals surface area (Å²) in [6.07, 6.45) is 0. The van der Waals surface area contributed by atoms with Gasteiger partial charge in [-0.2, -0.15) is 0 Å². The molecule has 0 saturated carbocycles. The van der Waals surface area contributed by atoms with Crippen molar-refractivity contribution in [1.82, 2.24) is 0 Å². The lowest BCUT2D eigenvalue weighted by atomic mass is 9.67. The van der Waals surface area contributed by atoms with Crippen molar-refractivity contribution in [3.63, 3.8) is 0 Å². The maximum atomic E-state index is 2.54. The van der Waals surface area contributed by atoms with Crippen molar-refractivity contribution in [2.45, 2.75) is 43.9 Å². The Morgan fingerprint density at radius 2 is 0.619 bits per heavy atom. The van der Waals surface area contributed by atoms with Crippen LogP contribution < -0.4 is 4.90 Å². The summed E-state index contributed by atoms with van der Waals surface area (Å²) in [5.41, 5.74) is 26.1. The fourth-order valence-corrected chi connectivity index (χ4v) is 15.8. The number of benzene rings is 14. The van der Waals surface area contributed by atoms with E-state index in [1.165, 1.54) is 143 Å². The van der Waals surface area contributed by atoms with Crippen LogP contribution in [0.2, 0.25) is 0 Å². The molecule has 1 heteroatoms. The molecule has 396 valence electrons. The summed E-state index contributed by atoms with van der Waals surface area (Å²) in [6.45, 7) is 9.54. The molecule has 14 aromatic carbocycles. The SMILES string of the molecule is CC1(C)c2ccccc2-c2ccc(N(c3ccc4c(c3)C(C)(C)c3ccccc3-4)c3ccc(-c4cc5c6ccccc6c(-c6ccc7c(c6)-c6ccccc6C7(c6ccccc6)c6ccccc6)cc5c5ccccc45)c4ccccc34)cc21. The molecule has 3 aliphatic rings. The van der Waals surface area contributed by atoms with Gasteiger partial charge in [-0.3, -0.25) is 0 Å². The molecule has 3 aliphatic carbocycles. The van der Waals surface area contributed by atoms with Crippen molar-refractivity contribution in [3.8, 4) is 55.6 Å². The van der Waals surface area contributed by atoms with Crippen molar-refractivity contribution in [1.29, 1.82) is 0 Å². The number of hydrogen-bond donors (Lipinski definition) is 0. The zero-order valence-corrected chi connectivity index (χ0v) is 47.6. The summed E-state index contributed by atoms with van der Waals surface area (Å²) < 4.78 is 0. The van der Waals surface area contributed by atoms with Crippen LogP contribution in [0.15, 0.2) is 285 Å². The van der Waals surface area contributed by atoms with E-state index < -0.39 is 5.41 Å². The van der Waals surface area contributed by atoms with Gasteiger partial charge in [-0.25, -0.2) is 0 Å². The first-order chi connectivity index (χ1) is 41.2. The Labute approximate surface area is 491 Å². The third kappa shape index (κ3) is 6.73. The van der Waals surface area contributed by atoms with E-state index >= 15 is 0 Å². The predicted molar refractivity (Wildman–Crippen MR) is 354 cm³/mol. The molecule has 0 unspecified atom stereocenters. The Morgan fingerprint density at radius 1 is 0.226 bits per heavy atom. The second kappa shape index (κ2) is 18.0. The van der Waals surface area contributed by atoms with Crippen LogP contribution in [0, 0.1) is 0 Å². The Morgan fingerprint density at radius 3 is 1.17 bits per heavy atom. The van der Waals surface area contributed by atoms with Gasteiger partial charge in [0.1, 0.15) is 0 Å². The van der Waals surface area contributed by atoms with Gasteiger partial charge in [-0.15, -0.1) is 0 Å². The average Bonchev–Trinajstić information content (AvgIpc) is 1.96. The molecule has 0 fully saturated rings. The van der Waals surface area contributed by atoms with Gasteiger partial charge in [0.15, 0.2) is 0 Å². The smallest absolute Gasteiger partial charge is 0.0713 e. The van der Waals surface area contributed by atoms with E-state index in [9.17, 15) is 0 Å². The van der Waals surface area contributed by atoms with E-state index in [0.29, 0.717) is 0 Å². The van der Waals surface area contributed by atoms with E-state index in [2.05, 4.69) is 318 Å². The minimum atomic E-state index is -0.455. The van der Waals surface area contributed by atoms with Gasteiger partial charge >= 0.3 is 0 Å². The van der Waals surface area contributed by atoms with Gasteiger partial charge in [0.2, 0.25) is 0 Å². The monoisotopic (exact) mass is 1070 g/mol. The van der Waals surface area contributed by atoms with Gasteiger partial charge in [0, 0.05) is 27.6 Å². The largest absolute Gasteiger partial charge is 0.310 e. The van der Waals surface area contributed by atoms with Crippen LogP contribution >= 0.6 is 0 Å². The van der Waals surface area contributed by atoms with Crippen molar-refractivity contribution in [2.75, 3.05) is 4.90 Å². The molecule has 0 heterocycles. The molecule has 0 bridgehead atoms. The first-order valence-electron chi connectivity index (χ1n) is 29.7. The molecule has 0 aromatic heterocycles. The average molecular weight is 1070 g/mol. The second-order valence-corrected chi connectivity index (χ2v) is 24.6. The van der Waals surface area contributed by atoms with Gasteiger partial charge in [-0.1, -0.05) is 264 Å². The van der Waals surface area contributed by atoms with Gasteiger partial charge in [-0.05, 0) is 186 Å². The third-order valence-corrected chi connectivity index (χ3v) is 19.7. The quantitative estimate of drug-likeness (QED) is 0.144. The normalized spacial score (nSPS) is 14.5. The molecule has 1 nitrogen and oxygen atoms in total. The van der Waals surface area contributed by atoms with Crippen molar-refractivity contribution >= 4 is 60.2 Å². The summed E-state index contributed by atoms with van der Waals surface area (Å²) in [6, 6.07) is 108. The summed E-state index contributed by atoms with van der Waals surface area (Å²) in [5, 5.41) is 9.89. The molecule has 0 aliphatic heterocycles. The molecule has 17 rings (SSSR count). The van der Waals surface area contributed by atoms with E-state index in [4.69, 9.17) is 0 Å². The maximum Gasteiger partial charge on any atom is 0.0713 e. The topological polar surface area (TPSA) is 3.24 Å². The van der Waals surface area contributed by atoms with E-state index in [-0.39, 0.29) is 10.8 Å². The molecular formula is C83H59N. The van der Waals surface area contributed by atoms with Crippen LogP contribution in [0.3, 0.4) is 0 Å². The summed E-state index contributed by atoms with van der Waals surface area (Å²) >= 11 is 0. The minimum Gasteiger partial charge on any atom is -0.310 e. The first-order valence-corrected chi connectivity index (χ1v) is 29.7. The number of hydrogen-bond acceptors (Lipinski definition) is 1. The molecule has 0 atom stereocenters. The first kappa shape index (κ1) is 48.6. The summed E-state index contributed by atoms with van der Waals surface area (Å²) in [4.78, 5) is 2.54. The fourth-order valence-electron chi connectivity index (χ4n) is 15.8. The Kier molecular flexibility index (Phi) is 10.4. The zero-order chi connectivity index (χ0) is 56.1. The van der Waals surface area contributed by atoms with Crippen molar-refractivity contribution < 1.29 is 0 Å². The highest BCUT2D eigenvalue weighted by Crippen LogP contribution is 2.58. The van der Waals surface area contributed by atoms with Crippen LogP contribution in [0.5, 0.6) is 0 Å². The Balaban J connectivity index is 0.853. The molecule has 0 amide bonds. The number of nitrogens with zero attached hydrogens (tertiary/aromatic N) is 1. The number of fused-ring (bicyclic) bond motifs is 15. The lowest BCUT2D eigenvalue weighted by molar-refractivity contribution is 0.660. The fraction of sp³-hybridized carbons (Fsp3) is 0.0843.